The lowest BCUT2D eigenvalue weighted by molar-refractivity contribution is -0.120. The van der Waals surface area contributed by atoms with E-state index in [0.717, 1.165) is 20.9 Å². The molecule has 5 nitrogen and oxygen atoms in total. The van der Waals surface area contributed by atoms with Crippen molar-refractivity contribution in [3.8, 4) is 0 Å². The molecule has 1 amide bonds. The molecule has 0 saturated carbocycles. The van der Waals surface area contributed by atoms with Crippen LogP contribution in [0.1, 0.15) is 10.7 Å². The van der Waals surface area contributed by atoms with Gasteiger partial charge in [-0.05, 0) is 37.3 Å². The number of amides is 1. The molecule has 110 valence electrons. The molecule has 0 aliphatic carbocycles. The third kappa shape index (κ3) is 5.41. The van der Waals surface area contributed by atoms with Gasteiger partial charge in [0.15, 0.2) is 5.11 Å². The van der Waals surface area contributed by atoms with Gasteiger partial charge in [-0.1, -0.05) is 22.0 Å². The lowest BCUT2D eigenvalue weighted by Gasteiger charge is -2.11. The van der Waals surface area contributed by atoms with Crippen molar-refractivity contribution in [3.05, 3.63) is 44.8 Å². The summed E-state index contributed by atoms with van der Waals surface area (Å²) in [6.45, 7) is 1.90. The lowest BCUT2D eigenvalue weighted by atomic mass is 10.3. The predicted octanol–water partition coefficient (Wildman–Crippen LogP) is 2.77. The minimum atomic E-state index is -0.192. The topological polar surface area (TPSA) is 66.1 Å². The molecule has 0 radical (unpaired) electrons. The number of halogens is 1. The number of thiazole rings is 1. The van der Waals surface area contributed by atoms with E-state index in [4.69, 9.17) is 12.2 Å². The number of thiocarbonyl (C=S) groups is 1. The van der Waals surface area contributed by atoms with Crippen LogP contribution in [-0.4, -0.2) is 16.0 Å². The summed E-state index contributed by atoms with van der Waals surface area (Å²) in [5.41, 5.74) is 6.94. The number of anilines is 1. The second-order valence-electron chi connectivity index (χ2n) is 4.20. The first-order valence-corrected chi connectivity index (χ1v) is 8.13. The van der Waals surface area contributed by atoms with Crippen LogP contribution in [0, 0.1) is 6.92 Å². The minimum Gasteiger partial charge on any atom is -0.331 e. The smallest absolute Gasteiger partial charge is 0.245 e. The van der Waals surface area contributed by atoms with Crippen LogP contribution in [0.25, 0.3) is 0 Å². The number of carbonyl (C=O) groups is 1. The summed E-state index contributed by atoms with van der Waals surface area (Å²) in [5.74, 6) is -0.192. The van der Waals surface area contributed by atoms with Crippen LogP contribution in [0.2, 0.25) is 0 Å². The van der Waals surface area contributed by atoms with Crippen LogP contribution in [0.15, 0.2) is 34.1 Å². The van der Waals surface area contributed by atoms with Crippen LogP contribution in [-0.2, 0) is 11.2 Å². The summed E-state index contributed by atoms with van der Waals surface area (Å²) in [6, 6.07) is 7.56. The molecule has 0 spiro atoms. The highest BCUT2D eigenvalue weighted by atomic mass is 79.9. The largest absolute Gasteiger partial charge is 0.331 e. The van der Waals surface area contributed by atoms with Crippen molar-refractivity contribution in [1.29, 1.82) is 0 Å². The summed E-state index contributed by atoms with van der Waals surface area (Å²) in [5, 5.41) is 5.97. The van der Waals surface area contributed by atoms with Crippen molar-refractivity contribution in [1.82, 2.24) is 15.8 Å². The maximum absolute atomic E-state index is 11.7. The van der Waals surface area contributed by atoms with Crippen LogP contribution in [0.4, 0.5) is 5.69 Å². The van der Waals surface area contributed by atoms with Crippen molar-refractivity contribution in [2.24, 2.45) is 0 Å². The summed E-state index contributed by atoms with van der Waals surface area (Å²) < 4.78 is 0.943. The number of hydrazine groups is 1. The fourth-order valence-electron chi connectivity index (χ4n) is 1.52. The Bertz CT molecular complexity index is 659. The van der Waals surface area contributed by atoms with E-state index in [2.05, 4.69) is 37.1 Å². The van der Waals surface area contributed by atoms with E-state index in [9.17, 15) is 4.79 Å². The maximum atomic E-state index is 11.7. The monoisotopic (exact) mass is 384 g/mol. The van der Waals surface area contributed by atoms with Gasteiger partial charge in [-0.25, -0.2) is 4.98 Å². The van der Waals surface area contributed by atoms with Crippen molar-refractivity contribution in [3.63, 3.8) is 0 Å². The standard InChI is InChI=1S/C13H13BrN4OS2/c1-8-7-21-12(15-8)6-11(19)17-18-13(20)16-10-4-2-3-9(14)5-10/h2-5,7H,6H2,1H3,(H,17,19)(H2,16,18,20). The van der Waals surface area contributed by atoms with E-state index >= 15 is 0 Å². The van der Waals surface area contributed by atoms with Gasteiger partial charge in [0.2, 0.25) is 5.91 Å². The van der Waals surface area contributed by atoms with E-state index in [-0.39, 0.29) is 12.3 Å². The number of hydrogen-bond donors (Lipinski definition) is 3. The molecule has 0 bridgehead atoms. The van der Waals surface area contributed by atoms with Gasteiger partial charge in [0, 0.05) is 21.2 Å². The number of aromatic nitrogens is 1. The number of nitrogens with zero attached hydrogens (tertiary/aromatic N) is 1. The molecule has 0 unspecified atom stereocenters. The molecule has 0 atom stereocenters. The molecule has 1 aromatic carbocycles. The Morgan fingerprint density at radius 1 is 1.43 bits per heavy atom. The Morgan fingerprint density at radius 3 is 2.90 bits per heavy atom. The van der Waals surface area contributed by atoms with Gasteiger partial charge in [0.25, 0.3) is 0 Å². The highest BCUT2D eigenvalue weighted by Crippen LogP contribution is 2.15. The number of benzene rings is 1. The first-order valence-electron chi connectivity index (χ1n) is 6.05. The van der Waals surface area contributed by atoms with E-state index in [0.29, 0.717) is 5.11 Å². The van der Waals surface area contributed by atoms with Gasteiger partial charge < -0.3 is 5.32 Å². The molecular weight excluding hydrogens is 372 g/mol. The molecule has 21 heavy (non-hydrogen) atoms. The van der Waals surface area contributed by atoms with Gasteiger partial charge in [-0.3, -0.25) is 15.6 Å². The van der Waals surface area contributed by atoms with Crippen LogP contribution in [0.3, 0.4) is 0 Å². The van der Waals surface area contributed by atoms with Gasteiger partial charge in [-0.15, -0.1) is 11.3 Å². The lowest BCUT2D eigenvalue weighted by Crippen LogP contribution is -2.44. The molecule has 1 aromatic heterocycles. The third-order valence-electron chi connectivity index (χ3n) is 2.38. The molecule has 0 aliphatic heterocycles. The molecule has 0 fully saturated rings. The SMILES string of the molecule is Cc1csc(CC(=O)NNC(=S)Nc2cccc(Br)c2)n1. The zero-order valence-electron chi connectivity index (χ0n) is 11.1. The third-order valence-corrected chi connectivity index (χ3v) is 4.04. The quantitative estimate of drug-likeness (QED) is 0.560. The van der Waals surface area contributed by atoms with Gasteiger partial charge in [0.1, 0.15) is 5.01 Å². The molecular formula is C13H13BrN4OS2. The zero-order valence-corrected chi connectivity index (χ0v) is 14.4. The van der Waals surface area contributed by atoms with E-state index in [1.54, 1.807) is 0 Å². The van der Waals surface area contributed by atoms with Crippen LogP contribution < -0.4 is 16.2 Å². The van der Waals surface area contributed by atoms with Crippen molar-refractivity contribution >= 4 is 56.2 Å². The number of hydrogen-bond acceptors (Lipinski definition) is 4. The molecule has 2 rings (SSSR count). The Hall–Kier alpha value is -1.51. The molecule has 0 saturated heterocycles. The van der Waals surface area contributed by atoms with Gasteiger partial charge in [0.05, 0.1) is 6.42 Å². The Labute approximate surface area is 140 Å². The second kappa shape index (κ2) is 7.48. The van der Waals surface area contributed by atoms with E-state index in [1.807, 2.05) is 36.6 Å². The second-order valence-corrected chi connectivity index (χ2v) is 6.46. The van der Waals surface area contributed by atoms with Crippen molar-refractivity contribution < 1.29 is 4.79 Å². The molecule has 2 aromatic rings. The van der Waals surface area contributed by atoms with Crippen LogP contribution >= 0.6 is 39.5 Å². The molecule has 8 heteroatoms. The predicted molar refractivity (Wildman–Crippen MR) is 92.2 cm³/mol. The van der Waals surface area contributed by atoms with E-state index < -0.39 is 0 Å². The Kier molecular flexibility index (Phi) is 5.66. The fraction of sp³-hybridized carbons (Fsp3) is 0.154. The molecule has 0 aliphatic rings. The Balaban J connectivity index is 1.77. The summed E-state index contributed by atoms with van der Waals surface area (Å²) in [7, 11) is 0. The number of rotatable bonds is 3. The average molecular weight is 385 g/mol. The van der Waals surface area contributed by atoms with Crippen LogP contribution in [0.5, 0.6) is 0 Å². The van der Waals surface area contributed by atoms with E-state index in [1.165, 1.54) is 11.3 Å². The van der Waals surface area contributed by atoms with Gasteiger partial charge >= 0.3 is 0 Å². The highest BCUT2D eigenvalue weighted by molar-refractivity contribution is 9.10. The molecule has 1 heterocycles. The summed E-state index contributed by atoms with van der Waals surface area (Å²) in [4.78, 5) is 16.0. The minimum absolute atomic E-state index is 0.192. The first kappa shape index (κ1) is 15.9. The van der Waals surface area contributed by atoms with Gasteiger partial charge in [-0.2, -0.15) is 0 Å². The van der Waals surface area contributed by atoms with Crippen molar-refractivity contribution in [2.45, 2.75) is 13.3 Å². The number of nitrogens with one attached hydrogen (secondary N) is 3. The summed E-state index contributed by atoms with van der Waals surface area (Å²) in [6.07, 6.45) is 0.227. The average Bonchev–Trinajstić information content (AvgIpc) is 2.82. The number of aryl methyl sites for hydroxylation is 1. The summed E-state index contributed by atoms with van der Waals surface area (Å²) >= 11 is 9.94. The first-order chi connectivity index (χ1) is 10.0. The Morgan fingerprint density at radius 2 is 2.24 bits per heavy atom. The zero-order chi connectivity index (χ0) is 15.2. The molecule has 3 N–H and O–H groups in total. The van der Waals surface area contributed by atoms with Crippen molar-refractivity contribution in [2.75, 3.05) is 5.32 Å². The fourth-order valence-corrected chi connectivity index (χ4v) is 2.86. The normalized spacial score (nSPS) is 10.0. The number of carbonyl (C=O) groups excluding carboxylic acids is 1. The maximum Gasteiger partial charge on any atom is 0.245 e. The highest BCUT2D eigenvalue weighted by Gasteiger charge is 2.07.